The molecule has 0 aliphatic carbocycles. The van der Waals surface area contributed by atoms with Crippen LogP contribution < -0.4 is 70.0 Å². The van der Waals surface area contributed by atoms with Crippen molar-refractivity contribution in [1.29, 1.82) is 0 Å². The molecule has 0 spiro atoms. The number of nitrogens with one attached hydrogen (secondary N) is 11. The zero-order chi connectivity index (χ0) is 74.7. The van der Waals surface area contributed by atoms with Gasteiger partial charge in [0.25, 0.3) is 0 Å². The number of aliphatic hydroxyl groups is 2. The highest BCUT2D eigenvalue weighted by molar-refractivity contribution is 6.00. The van der Waals surface area contributed by atoms with Crippen molar-refractivity contribution in [3.05, 3.63) is 0 Å². The lowest BCUT2D eigenvalue weighted by molar-refractivity contribution is -0.152. The van der Waals surface area contributed by atoms with Gasteiger partial charge in [-0.15, -0.1) is 0 Å². The maximum Gasteiger partial charge on any atom is 0.329 e. The highest BCUT2D eigenvalue weighted by Crippen LogP contribution is 2.18. The number of carbonyl (C=O) groups excluding carboxylic acids is 14. The molecule has 13 amide bonds. The standard InChI is InChI=1S/C66H115N13O19/c1-14-17-18-19-20-21-40(81)30-52(84)69-43(26-34(4)5)58(89)74-47(31-53(85)86)62(93)71-42(23-25-51(68)83)57(88)78-54(38(12)15-2)65(96)75-46(29-37(10)11)59(90)70-41(22-24-50(67)82)56(87)77-49-33-98-66(97)55(39(13)16-3)79-63(94)48(32-80)76-61(92)45(28-36(8)9)72-60(91)44(27-35(6)7)73-64(49)95/h34-49,54-55,80-81H,14-33H2,1-13H3,(H2,67,82)(H2,68,83)(H,69,84)(H,70,90)(H,71,93)(H,72,91)(H,73,95)(H,74,89)(H,75,96)(H,76,92)(H,77,87)(H,78,88)(H,79,94)(H,85,86)/t38-,39+,40-,41-,42-,43-,44+,45+,46-,47-,48-,49-,54+,55+/m1/s1. The Labute approximate surface area is 575 Å². The molecule has 18 N–H and O–H groups in total. The van der Waals surface area contributed by atoms with Crippen LogP contribution in [0.5, 0.6) is 0 Å². The van der Waals surface area contributed by atoms with Gasteiger partial charge in [-0.2, -0.15) is 0 Å². The summed E-state index contributed by atoms with van der Waals surface area (Å²) in [4.78, 5) is 206. The van der Waals surface area contributed by atoms with Crippen molar-refractivity contribution in [3.63, 3.8) is 0 Å². The van der Waals surface area contributed by atoms with Crippen molar-refractivity contribution in [3.8, 4) is 0 Å². The number of carboxylic acids is 1. The Hall–Kier alpha value is -8.03. The molecule has 0 unspecified atom stereocenters. The van der Waals surface area contributed by atoms with Crippen LogP contribution in [0, 0.1) is 35.5 Å². The molecule has 1 fully saturated rings. The van der Waals surface area contributed by atoms with E-state index in [1.807, 2.05) is 0 Å². The average molecular weight is 1390 g/mol. The third-order valence-corrected chi connectivity index (χ3v) is 16.5. The highest BCUT2D eigenvalue weighted by Gasteiger charge is 2.40. The molecule has 0 aromatic rings. The molecule has 1 rings (SSSR count). The van der Waals surface area contributed by atoms with Gasteiger partial charge in [-0.25, -0.2) is 4.79 Å². The molecule has 1 saturated heterocycles. The first-order valence-electron chi connectivity index (χ1n) is 34.4. The van der Waals surface area contributed by atoms with Crippen LogP contribution >= 0.6 is 0 Å². The first kappa shape index (κ1) is 88.0. The molecule has 0 aromatic heterocycles. The lowest BCUT2D eigenvalue weighted by atomic mass is 9.96. The summed E-state index contributed by atoms with van der Waals surface area (Å²) in [5.41, 5.74) is 11.0. The number of primary amides is 2. The van der Waals surface area contributed by atoms with E-state index in [4.69, 9.17) is 16.2 Å². The third kappa shape index (κ3) is 34.0. The summed E-state index contributed by atoms with van der Waals surface area (Å²) in [7, 11) is 0. The number of hydrogen-bond acceptors (Lipinski definition) is 18. The molecule has 98 heavy (non-hydrogen) atoms. The maximum absolute atomic E-state index is 14.6. The van der Waals surface area contributed by atoms with Crippen LogP contribution in [-0.4, -0.2) is 190 Å². The van der Waals surface area contributed by atoms with E-state index < -0.39 is 218 Å². The van der Waals surface area contributed by atoms with Crippen molar-refractivity contribution in [2.24, 2.45) is 47.0 Å². The Morgan fingerprint density at radius 1 is 0.510 bits per heavy atom. The van der Waals surface area contributed by atoms with Gasteiger partial charge in [0.2, 0.25) is 76.8 Å². The van der Waals surface area contributed by atoms with Crippen molar-refractivity contribution >= 4 is 88.7 Å². The molecule has 558 valence electrons. The van der Waals surface area contributed by atoms with Gasteiger partial charge in [-0.05, 0) is 80.5 Å². The normalized spacial score (nSPS) is 20.0. The smallest absolute Gasteiger partial charge is 0.329 e. The van der Waals surface area contributed by atoms with Crippen molar-refractivity contribution < 1.29 is 92.0 Å². The molecule has 32 heteroatoms. The summed E-state index contributed by atoms with van der Waals surface area (Å²) >= 11 is 0. The molecular weight excluding hydrogens is 1280 g/mol. The number of ether oxygens (including phenoxy) is 1. The Morgan fingerprint density at radius 2 is 0.959 bits per heavy atom. The molecule has 1 aliphatic rings. The number of amides is 13. The second-order valence-electron chi connectivity index (χ2n) is 27.4. The number of esters is 1. The van der Waals surface area contributed by atoms with Gasteiger partial charge in [0.15, 0.2) is 0 Å². The predicted molar refractivity (Wildman–Crippen MR) is 359 cm³/mol. The number of hydrogen-bond donors (Lipinski definition) is 16. The minimum atomic E-state index is -1.88. The summed E-state index contributed by atoms with van der Waals surface area (Å²) in [5, 5.41) is 58.3. The largest absolute Gasteiger partial charge is 0.481 e. The molecule has 14 atom stereocenters. The summed E-state index contributed by atoms with van der Waals surface area (Å²) in [5.74, 6) is -17.9. The number of cyclic esters (lactones) is 1. The summed E-state index contributed by atoms with van der Waals surface area (Å²) in [6.45, 7) is 20.6. The number of rotatable bonds is 42. The predicted octanol–water partition coefficient (Wildman–Crippen LogP) is -0.738. The van der Waals surface area contributed by atoms with Gasteiger partial charge in [-0.3, -0.25) is 67.1 Å². The van der Waals surface area contributed by atoms with Gasteiger partial charge < -0.3 is 90.0 Å². The van der Waals surface area contributed by atoms with Crippen LogP contribution in [-0.2, 0) is 76.7 Å². The first-order valence-corrected chi connectivity index (χ1v) is 34.4. The second-order valence-corrected chi connectivity index (χ2v) is 27.4. The summed E-state index contributed by atoms with van der Waals surface area (Å²) in [6.07, 6.45) is 0.857. The van der Waals surface area contributed by atoms with Gasteiger partial charge in [-0.1, -0.05) is 135 Å². The van der Waals surface area contributed by atoms with Crippen LogP contribution in [0.15, 0.2) is 0 Å². The quantitative estimate of drug-likeness (QED) is 0.0264. The number of aliphatic hydroxyl groups excluding tert-OH is 2. The fourth-order valence-electron chi connectivity index (χ4n) is 10.5. The van der Waals surface area contributed by atoms with Crippen LogP contribution in [0.4, 0.5) is 0 Å². The fourth-order valence-corrected chi connectivity index (χ4v) is 10.5. The van der Waals surface area contributed by atoms with E-state index in [1.54, 1.807) is 83.1 Å². The van der Waals surface area contributed by atoms with Crippen molar-refractivity contribution in [2.75, 3.05) is 13.2 Å². The van der Waals surface area contributed by atoms with Crippen LogP contribution in [0.3, 0.4) is 0 Å². The minimum Gasteiger partial charge on any atom is -0.481 e. The van der Waals surface area contributed by atoms with Crippen LogP contribution in [0.25, 0.3) is 0 Å². The van der Waals surface area contributed by atoms with Crippen molar-refractivity contribution in [2.45, 2.75) is 278 Å². The summed E-state index contributed by atoms with van der Waals surface area (Å²) in [6, 6.07) is -17.3. The van der Waals surface area contributed by atoms with Gasteiger partial charge >= 0.3 is 11.9 Å². The maximum atomic E-state index is 14.6. The van der Waals surface area contributed by atoms with Crippen LogP contribution in [0.1, 0.15) is 206 Å². The summed E-state index contributed by atoms with van der Waals surface area (Å²) < 4.78 is 5.60. The lowest BCUT2D eigenvalue weighted by Gasteiger charge is -2.31. The molecule has 0 aromatic carbocycles. The first-order chi connectivity index (χ1) is 45.9. The number of unbranched alkanes of at least 4 members (excludes halogenated alkanes) is 4. The van der Waals surface area contributed by atoms with Gasteiger partial charge in [0, 0.05) is 12.8 Å². The SMILES string of the molecule is CCCCCCC[C@@H](O)CC(=O)N[C@H](CC(C)C)C(=O)N[C@H](CC(=O)O)C(=O)N[C@H](CCC(N)=O)C(=O)N[C@H](C(=O)N[C@H](CC(C)C)C(=O)N[C@H](CCC(N)=O)C(=O)N[C@@H]1COC(=O)[C@H]([C@@H](C)CC)NC(=O)[C@@H](CO)NC(=O)[C@H](CC(C)C)NC(=O)[C@H](CC(C)C)NC1=O)[C@H](C)CC. The zero-order valence-electron chi connectivity index (χ0n) is 59.6. The Kier molecular flexibility index (Phi) is 40.9. The van der Waals surface area contributed by atoms with E-state index in [2.05, 4.69) is 65.4 Å². The molecule has 0 saturated carbocycles. The highest BCUT2D eigenvalue weighted by atomic mass is 16.5. The average Bonchev–Trinajstić information content (AvgIpc) is 0.854. The zero-order valence-corrected chi connectivity index (χ0v) is 59.6. The molecule has 32 nitrogen and oxygen atoms in total. The van der Waals surface area contributed by atoms with Crippen LogP contribution in [0.2, 0.25) is 0 Å². The van der Waals surface area contributed by atoms with Gasteiger partial charge in [0.05, 0.1) is 25.6 Å². The number of carbonyl (C=O) groups is 15. The topological polar surface area (TPSA) is 510 Å². The minimum absolute atomic E-state index is 0.0333. The Morgan fingerprint density at radius 3 is 1.43 bits per heavy atom. The second kappa shape index (κ2) is 45.5. The van der Waals surface area contributed by atoms with E-state index >= 15 is 0 Å². The monoisotopic (exact) mass is 1390 g/mol. The fraction of sp³-hybridized carbons (Fsp3) is 0.773. The van der Waals surface area contributed by atoms with E-state index in [0.29, 0.717) is 12.8 Å². The Balaban J connectivity index is 3.79. The third-order valence-electron chi connectivity index (χ3n) is 16.5. The number of carboxylic acid groups (broad SMARTS) is 1. The molecule has 0 bridgehead atoms. The lowest BCUT2D eigenvalue weighted by Crippen LogP contribution is -2.62. The molecular formula is C66H115N13O19. The molecule has 0 radical (unpaired) electrons. The van der Waals surface area contributed by atoms with E-state index in [0.717, 1.165) is 25.7 Å². The molecule has 1 aliphatic heterocycles. The Bertz CT molecular complexity index is 2680. The van der Waals surface area contributed by atoms with E-state index in [-0.39, 0.29) is 68.6 Å². The molecule has 1 heterocycles. The number of nitrogens with two attached hydrogens (primary N) is 2. The van der Waals surface area contributed by atoms with E-state index in [9.17, 15) is 87.2 Å². The number of aliphatic carboxylic acids is 1. The van der Waals surface area contributed by atoms with Gasteiger partial charge in [0.1, 0.15) is 73.1 Å². The van der Waals surface area contributed by atoms with Crippen molar-refractivity contribution in [1.82, 2.24) is 58.5 Å². The van der Waals surface area contributed by atoms with E-state index in [1.165, 1.54) is 0 Å².